The molecule has 266 valence electrons. The number of amides is 1. The summed E-state index contributed by atoms with van der Waals surface area (Å²) in [6.45, 7) is 1.14. The van der Waals surface area contributed by atoms with E-state index in [0.717, 1.165) is 37.6 Å². The number of fused-ring (bicyclic) bond motifs is 1. The van der Waals surface area contributed by atoms with Crippen molar-refractivity contribution in [1.82, 2.24) is 29.7 Å². The average molecular weight is 729 g/mol. The second-order valence-electron chi connectivity index (χ2n) is 12.0. The molecule has 1 amide bonds. The third-order valence-electron chi connectivity index (χ3n) is 8.72. The number of nitriles is 1. The molecule has 2 saturated heterocycles. The van der Waals surface area contributed by atoms with Crippen molar-refractivity contribution >= 4 is 40.3 Å². The fraction of sp³-hybridized carbons (Fsp3) is 0.353. The van der Waals surface area contributed by atoms with Crippen molar-refractivity contribution in [1.29, 1.82) is 5.26 Å². The minimum atomic E-state index is -5.06. The van der Waals surface area contributed by atoms with Crippen LogP contribution in [0, 0.1) is 17.1 Å². The minimum Gasteiger partial charge on any atom is -0.462 e. The Labute approximate surface area is 293 Å². The molecule has 17 heteroatoms. The van der Waals surface area contributed by atoms with Crippen LogP contribution in [-0.2, 0) is 4.79 Å². The van der Waals surface area contributed by atoms with E-state index in [1.807, 2.05) is 13.1 Å². The van der Waals surface area contributed by atoms with Crippen LogP contribution in [0.1, 0.15) is 25.1 Å². The van der Waals surface area contributed by atoms with Gasteiger partial charge in [-0.1, -0.05) is 17.7 Å². The number of likely N-dealkylation sites (tertiary alicyclic amines) is 1. The van der Waals surface area contributed by atoms with E-state index < -0.39 is 35.7 Å². The van der Waals surface area contributed by atoms with Crippen molar-refractivity contribution < 1.29 is 36.2 Å². The van der Waals surface area contributed by atoms with E-state index in [1.165, 1.54) is 35.5 Å². The van der Waals surface area contributed by atoms with Gasteiger partial charge >= 0.3 is 12.4 Å². The highest BCUT2D eigenvalue weighted by Gasteiger charge is 2.35. The molecule has 2 aliphatic heterocycles. The molecular formula is C34H30ClF5N8O3. The predicted octanol–water partition coefficient (Wildman–Crippen LogP) is 6.19. The number of carbonyl (C=O) groups excluding carboxylic acids is 1. The number of halogens is 6. The van der Waals surface area contributed by atoms with Crippen molar-refractivity contribution in [3.8, 4) is 29.0 Å². The van der Waals surface area contributed by atoms with Crippen LogP contribution in [0.2, 0.25) is 5.02 Å². The number of hydrogen-bond acceptors (Lipinski definition) is 10. The highest BCUT2D eigenvalue weighted by Crippen LogP contribution is 2.40. The number of likely N-dealkylation sites (N-methyl/N-ethyl adjacent to an activating group) is 1. The smallest absolute Gasteiger partial charge is 0.462 e. The second-order valence-corrected chi connectivity index (χ2v) is 12.4. The number of hydrogen-bond donors (Lipinski definition) is 0. The van der Waals surface area contributed by atoms with Crippen LogP contribution < -0.4 is 14.4 Å². The fourth-order valence-corrected chi connectivity index (χ4v) is 6.39. The van der Waals surface area contributed by atoms with Gasteiger partial charge in [0.2, 0.25) is 0 Å². The molecule has 0 saturated carbocycles. The molecule has 0 radical (unpaired) electrons. The highest BCUT2D eigenvalue weighted by molar-refractivity contribution is 6.31. The van der Waals surface area contributed by atoms with Gasteiger partial charge < -0.3 is 24.2 Å². The summed E-state index contributed by atoms with van der Waals surface area (Å²) < 4.78 is 81.7. The summed E-state index contributed by atoms with van der Waals surface area (Å²) in [5.41, 5.74) is -0.776. The molecule has 2 fully saturated rings. The van der Waals surface area contributed by atoms with Gasteiger partial charge in [0.25, 0.3) is 5.91 Å². The van der Waals surface area contributed by atoms with Gasteiger partial charge in [0.1, 0.15) is 23.7 Å². The monoisotopic (exact) mass is 728 g/mol. The predicted molar refractivity (Wildman–Crippen MR) is 177 cm³/mol. The van der Waals surface area contributed by atoms with E-state index in [-0.39, 0.29) is 83.4 Å². The number of nitrogens with zero attached hydrogens (tertiary/aromatic N) is 8. The van der Waals surface area contributed by atoms with Crippen LogP contribution in [0.3, 0.4) is 0 Å². The molecule has 0 N–H and O–H groups in total. The van der Waals surface area contributed by atoms with Crippen LogP contribution >= 0.6 is 11.6 Å². The molecule has 4 aromatic rings. The summed E-state index contributed by atoms with van der Waals surface area (Å²) >= 11 is 6.11. The normalized spacial score (nSPS) is 18.6. The Hall–Kier alpha value is -5.14. The first kappa shape index (κ1) is 35.7. The van der Waals surface area contributed by atoms with E-state index in [2.05, 4.69) is 29.6 Å². The molecule has 2 atom stereocenters. The van der Waals surface area contributed by atoms with Gasteiger partial charge in [-0.3, -0.25) is 4.79 Å². The topological polar surface area (TPSA) is 121 Å². The molecule has 0 bridgehead atoms. The molecule has 2 aromatic carbocycles. The Balaban J connectivity index is 1.38. The van der Waals surface area contributed by atoms with Crippen LogP contribution in [0.15, 0.2) is 54.6 Å². The number of rotatable bonds is 9. The zero-order valence-corrected chi connectivity index (χ0v) is 27.8. The van der Waals surface area contributed by atoms with Crippen LogP contribution in [0.25, 0.3) is 28.1 Å². The molecule has 0 aliphatic carbocycles. The Kier molecular flexibility index (Phi) is 10.5. The summed E-state index contributed by atoms with van der Waals surface area (Å²) in [4.78, 5) is 35.1. The average Bonchev–Trinajstić information content (AvgIpc) is 3.52. The van der Waals surface area contributed by atoms with Gasteiger partial charge in [-0.25, -0.2) is 18.7 Å². The molecule has 11 nitrogen and oxygen atoms in total. The third kappa shape index (κ3) is 8.10. The molecule has 2 aliphatic rings. The second kappa shape index (κ2) is 15.0. The lowest BCUT2D eigenvalue weighted by atomic mass is 10.0. The molecular weight excluding hydrogens is 699 g/mol. The van der Waals surface area contributed by atoms with Gasteiger partial charge in [-0.15, -0.1) is 13.2 Å². The Morgan fingerprint density at radius 2 is 1.88 bits per heavy atom. The standard InChI is InChI=1S/C34H30ClF5N8O3/c1-46-13-2-4-22(46)19-50-33-44-30-24(7-6-23(29(30)37)25-16-20(35)5-8-27(25)51-34(38,39)40)31(45-33)47-14-15-48(21(18-47)9-10-41)32(49)26(36)17-28-42-11-3-12-43-28/h3,5-8,11-12,16-17,21-22H,2,4,9,13-15,18-19H2,1H3/b26-17-/t21-,22?/m0/s1. The van der Waals surface area contributed by atoms with Crippen LogP contribution in [-0.4, -0.2) is 93.9 Å². The lowest BCUT2D eigenvalue weighted by Gasteiger charge is -2.41. The maximum absolute atomic E-state index is 16.6. The molecule has 4 heterocycles. The summed E-state index contributed by atoms with van der Waals surface area (Å²) in [5.74, 6) is -3.51. The first-order valence-corrected chi connectivity index (χ1v) is 16.3. The first-order chi connectivity index (χ1) is 24.4. The summed E-state index contributed by atoms with van der Waals surface area (Å²) in [7, 11) is 1.95. The number of piperazine rings is 1. The van der Waals surface area contributed by atoms with Gasteiger partial charge in [-0.05, 0) is 56.8 Å². The summed E-state index contributed by atoms with van der Waals surface area (Å²) in [6.07, 6.45) is 0.321. The molecule has 6 rings (SSSR count). The Morgan fingerprint density at radius 3 is 2.59 bits per heavy atom. The number of benzene rings is 2. The third-order valence-corrected chi connectivity index (χ3v) is 8.95. The van der Waals surface area contributed by atoms with Crippen molar-refractivity contribution in [2.24, 2.45) is 0 Å². The van der Waals surface area contributed by atoms with Crippen LogP contribution in [0.5, 0.6) is 11.8 Å². The number of alkyl halides is 3. The number of carbonyl (C=O) groups is 1. The van der Waals surface area contributed by atoms with E-state index in [0.29, 0.717) is 0 Å². The van der Waals surface area contributed by atoms with E-state index in [1.54, 1.807) is 11.0 Å². The van der Waals surface area contributed by atoms with Gasteiger partial charge in [0, 0.05) is 65.7 Å². The van der Waals surface area contributed by atoms with Crippen LogP contribution in [0.4, 0.5) is 27.8 Å². The van der Waals surface area contributed by atoms with Gasteiger partial charge in [0.05, 0.1) is 18.5 Å². The number of anilines is 1. The lowest BCUT2D eigenvalue weighted by molar-refractivity contribution is -0.274. The van der Waals surface area contributed by atoms with Gasteiger partial charge in [-0.2, -0.15) is 15.2 Å². The molecule has 2 aromatic heterocycles. The molecule has 1 unspecified atom stereocenters. The number of ether oxygens (including phenoxy) is 2. The Bertz CT molecular complexity index is 2000. The summed E-state index contributed by atoms with van der Waals surface area (Å²) in [6, 6.07) is 8.71. The maximum atomic E-state index is 16.6. The first-order valence-electron chi connectivity index (χ1n) is 15.9. The van der Waals surface area contributed by atoms with Crippen molar-refractivity contribution in [3.63, 3.8) is 0 Å². The lowest BCUT2D eigenvalue weighted by Crippen LogP contribution is -2.55. The quantitative estimate of drug-likeness (QED) is 0.146. The summed E-state index contributed by atoms with van der Waals surface area (Å²) in [5, 5.41) is 9.86. The zero-order chi connectivity index (χ0) is 36.3. The molecule has 0 spiro atoms. The minimum absolute atomic E-state index is 0.00105. The largest absolute Gasteiger partial charge is 0.573 e. The van der Waals surface area contributed by atoms with Gasteiger partial charge in [0.15, 0.2) is 17.5 Å². The zero-order valence-electron chi connectivity index (χ0n) is 27.1. The fourth-order valence-electron chi connectivity index (χ4n) is 6.22. The maximum Gasteiger partial charge on any atom is 0.573 e. The van der Waals surface area contributed by atoms with Crippen molar-refractivity contribution in [2.45, 2.75) is 37.7 Å². The Morgan fingerprint density at radius 1 is 1.10 bits per heavy atom. The highest BCUT2D eigenvalue weighted by atomic mass is 35.5. The number of aromatic nitrogens is 4. The van der Waals surface area contributed by atoms with E-state index >= 15 is 8.78 Å². The van der Waals surface area contributed by atoms with Crippen molar-refractivity contribution in [2.75, 3.05) is 44.7 Å². The van der Waals surface area contributed by atoms with Crippen molar-refractivity contribution in [3.05, 3.63) is 71.3 Å². The SMILES string of the molecule is CN1CCCC1COc1nc(N2CCN(C(=O)/C(F)=C/c3ncccn3)[C@@H](CC#N)C2)c2ccc(-c3cc(Cl)ccc3OC(F)(F)F)c(F)c2n1. The van der Waals surface area contributed by atoms with E-state index in [9.17, 15) is 23.2 Å². The molecule has 51 heavy (non-hydrogen) atoms. The van der Waals surface area contributed by atoms with E-state index in [4.69, 9.17) is 16.3 Å².